The fourth-order valence-electron chi connectivity index (χ4n) is 2.61. The van der Waals surface area contributed by atoms with Gasteiger partial charge in [-0.3, -0.25) is 14.4 Å². The highest BCUT2D eigenvalue weighted by atomic mass is 16.5. The SMILES string of the molecule is CCn1c(=O)c(=O)[nH]c2cc(C(=O)Nc3ccc(OC)cc3)ccc21. The van der Waals surface area contributed by atoms with E-state index in [0.717, 1.165) is 0 Å². The Labute approximate surface area is 142 Å². The molecule has 0 unspecified atom stereocenters. The van der Waals surface area contributed by atoms with Crippen molar-refractivity contribution in [1.29, 1.82) is 0 Å². The number of H-pyrrole nitrogens is 1. The van der Waals surface area contributed by atoms with Gasteiger partial charge in [0.15, 0.2) is 0 Å². The second kappa shape index (κ2) is 6.64. The summed E-state index contributed by atoms with van der Waals surface area (Å²) in [7, 11) is 1.57. The summed E-state index contributed by atoms with van der Waals surface area (Å²) >= 11 is 0. The van der Waals surface area contributed by atoms with E-state index in [0.29, 0.717) is 34.6 Å². The number of aromatic amines is 1. The van der Waals surface area contributed by atoms with Crippen LogP contribution in [0.25, 0.3) is 11.0 Å². The fraction of sp³-hybridized carbons (Fsp3) is 0.167. The number of benzene rings is 2. The number of hydrogen-bond donors (Lipinski definition) is 2. The number of carbonyl (C=O) groups excluding carboxylic acids is 1. The van der Waals surface area contributed by atoms with Gasteiger partial charge in [0.2, 0.25) is 0 Å². The second-order valence-corrected chi connectivity index (χ2v) is 5.42. The van der Waals surface area contributed by atoms with Crippen molar-refractivity contribution in [3.63, 3.8) is 0 Å². The molecule has 1 amide bonds. The first-order chi connectivity index (χ1) is 12.0. The van der Waals surface area contributed by atoms with E-state index >= 15 is 0 Å². The molecule has 2 aromatic carbocycles. The Morgan fingerprint density at radius 3 is 2.52 bits per heavy atom. The van der Waals surface area contributed by atoms with Crippen molar-refractivity contribution in [3.05, 3.63) is 68.7 Å². The van der Waals surface area contributed by atoms with Crippen molar-refractivity contribution in [1.82, 2.24) is 9.55 Å². The maximum atomic E-state index is 12.4. The van der Waals surface area contributed by atoms with Gasteiger partial charge >= 0.3 is 11.1 Å². The van der Waals surface area contributed by atoms with Crippen LogP contribution in [0.1, 0.15) is 17.3 Å². The first-order valence-electron chi connectivity index (χ1n) is 7.75. The molecule has 0 spiro atoms. The average Bonchev–Trinajstić information content (AvgIpc) is 2.63. The predicted molar refractivity (Wildman–Crippen MR) is 95.4 cm³/mol. The molecule has 25 heavy (non-hydrogen) atoms. The standard InChI is InChI=1S/C18H17N3O4/c1-3-21-15-9-4-11(10-14(15)20-17(23)18(21)24)16(22)19-12-5-7-13(25-2)8-6-12/h4-10H,3H2,1-2H3,(H,19,22)(H,20,23). The number of amides is 1. The van der Waals surface area contributed by atoms with E-state index in [1.165, 1.54) is 4.57 Å². The number of anilines is 1. The van der Waals surface area contributed by atoms with E-state index in [4.69, 9.17) is 4.74 Å². The van der Waals surface area contributed by atoms with Crippen molar-refractivity contribution in [2.75, 3.05) is 12.4 Å². The van der Waals surface area contributed by atoms with Crippen LogP contribution < -0.4 is 21.2 Å². The second-order valence-electron chi connectivity index (χ2n) is 5.42. The van der Waals surface area contributed by atoms with Crippen LogP contribution in [0.2, 0.25) is 0 Å². The Morgan fingerprint density at radius 2 is 1.88 bits per heavy atom. The molecule has 0 aliphatic heterocycles. The molecule has 0 saturated heterocycles. The molecule has 0 atom stereocenters. The minimum absolute atomic E-state index is 0.317. The zero-order valence-electron chi connectivity index (χ0n) is 13.8. The van der Waals surface area contributed by atoms with Gasteiger partial charge in [-0.1, -0.05) is 0 Å². The lowest BCUT2D eigenvalue weighted by molar-refractivity contribution is 0.102. The summed E-state index contributed by atoms with van der Waals surface area (Å²) in [6, 6.07) is 11.8. The number of fused-ring (bicyclic) bond motifs is 1. The van der Waals surface area contributed by atoms with Crippen molar-refractivity contribution in [3.8, 4) is 5.75 Å². The van der Waals surface area contributed by atoms with E-state index in [1.807, 2.05) is 0 Å². The summed E-state index contributed by atoms with van der Waals surface area (Å²) in [5.74, 6) is 0.376. The first kappa shape index (κ1) is 16.5. The third-order valence-corrected chi connectivity index (χ3v) is 3.90. The monoisotopic (exact) mass is 339 g/mol. The van der Waals surface area contributed by atoms with Crippen LogP contribution in [0.3, 0.4) is 0 Å². The Kier molecular flexibility index (Phi) is 4.38. The van der Waals surface area contributed by atoms with Crippen LogP contribution in [0, 0.1) is 0 Å². The van der Waals surface area contributed by atoms with Crippen molar-refractivity contribution < 1.29 is 9.53 Å². The molecular weight excluding hydrogens is 322 g/mol. The Hall–Kier alpha value is -3.35. The van der Waals surface area contributed by atoms with Gasteiger partial charge in [0.25, 0.3) is 5.91 Å². The maximum absolute atomic E-state index is 12.4. The molecule has 0 aliphatic carbocycles. The minimum Gasteiger partial charge on any atom is -0.497 e. The van der Waals surface area contributed by atoms with Gasteiger partial charge in [-0.25, -0.2) is 0 Å². The molecule has 0 fully saturated rings. The molecule has 0 bridgehead atoms. The van der Waals surface area contributed by atoms with Crippen molar-refractivity contribution in [2.45, 2.75) is 13.5 Å². The van der Waals surface area contributed by atoms with Gasteiger partial charge < -0.3 is 19.6 Å². The van der Waals surface area contributed by atoms with Crippen LogP contribution in [-0.4, -0.2) is 22.6 Å². The first-order valence-corrected chi connectivity index (χ1v) is 7.75. The zero-order valence-corrected chi connectivity index (χ0v) is 13.8. The zero-order chi connectivity index (χ0) is 18.0. The van der Waals surface area contributed by atoms with Crippen molar-refractivity contribution in [2.24, 2.45) is 0 Å². The van der Waals surface area contributed by atoms with Gasteiger partial charge in [0, 0.05) is 17.8 Å². The van der Waals surface area contributed by atoms with Gasteiger partial charge in [0.1, 0.15) is 5.75 Å². The molecule has 0 saturated carbocycles. The summed E-state index contributed by atoms with van der Waals surface area (Å²) in [5, 5.41) is 2.77. The average molecular weight is 339 g/mol. The largest absolute Gasteiger partial charge is 0.497 e. The minimum atomic E-state index is -0.706. The van der Waals surface area contributed by atoms with Crippen LogP contribution >= 0.6 is 0 Å². The number of carbonyl (C=O) groups is 1. The van der Waals surface area contributed by atoms with Gasteiger partial charge in [-0.05, 0) is 49.4 Å². The number of nitrogens with one attached hydrogen (secondary N) is 2. The molecule has 3 aromatic rings. The summed E-state index contributed by atoms with van der Waals surface area (Å²) in [6.45, 7) is 2.15. The highest BCUT2D eigenvalue weighted by Gasteiger charge is 2.11. The van der Waals surface area contributed by atoms with Crippen molar-refractivity contribution >= 4 is 22.6 Å². The topological polar surface area (TPSA) is 93.2 Å². The number of ether oxygens (including phenoxy) is 1. The third kappa shape index (κ3) is 3.16. The number of rotatable bonds is 4. The molecule has 0 radical (unpaired) electrons. The van der Waals surface area contributed by atoms with Gasteiger partial charge in [0.05, 0.1) is 18.1 Å². The number of methoxy groups -OCH3 is 1. The number of aryl methyl sites for hydroxylation is 1. The molecule has 1 aromatic heterocycles. The van der Waals surface area contributed by atoms with Crippen LogP contribution in [0.5, 0.6) is 5.75 Å². The molecule has 3 rings (SSSR count). The predicted octanol–water partition coefficient (Wildman–Crippen LogP) is 1.97. The molecule has 7 nitrogen and oxygen atoms in total. The number of hydrogen-bond acceptors (Lipinski definition) is 4. The van der Waals surface area contributed by atoms with E-state index in [9.17, 15) is 14.4 Å². The molecule has 2 N–H and O–H groups in total. The van der Waals surface area contributed by atoms with E-state index in [-0.39, 0.29) is 5.91 Å². The Morgan fingerprint density at radius 1 is 1.16 bits per heavy atom. The molecule has 128 valence electrons. The number of nitrogens with zero attached hydrogens (tertiary/aromatic N) is 1. The maximum Gasteiger partial charge on any atom is 0.316 e. The lowest BCUT2D eigenvalue weighted by Gasteiger charge is -2.09. The van der Waals surface area contributed by atoms with E-state index in [1.54, 1.807) is 56.5 Å². The third-order valence-electron chi connectivity index (χ3n) is 3.90. The van der Waals surface area contributed by atoms with E-state index < -0.39 is 11.1 Å². The summed E-state index contributed by atoms with van der Waals surface area (Å²) in [6.07, 6.45) is 0. The summed E-state index contributed by atoms with van der Waals surface area (Å²) in [4.78, 5) is 38.5. The van der Waals surface area contributed by atoms with Gasteiger partial charge in [-0.15, -0.1) is 0 Å². The Balaban J connectivity index is 1.95. The smallest absolute Gasteiger partial charge is 0.316 e. The molecular formula is C18H17N3O4. The highest BCUT2D eigenvalue weighted by molar-refractivity contribution is 6.05. The Bertz CT molecular complexity index is 1050. The lowest BCUT2D eigenvalue weighted by atomic mass is 10.1. The summed E-state index contributed by atoms with van der Waals surface area (Å²) < 4.78 is 6.45. The van der Waals surface area contributed by atoms with E-state index in [2.05, 4.69) is 10.3 Å². The fourth-order valence-corrected chi connectivity index (χ4v) is 2.61. The molecule has 1 heterocycles. The van der Waals surface area contributed by atoms with Crippen LogP contribution in [0.4, 0.5) is 5.69 Å². The normalized spacial score (nSPS) is 10.6. The van der Waals surface area contributed by atoms with Crippen LogP contribution in [0.15, 0.2) is 52.1 Å². The number of aromatic nitrogens is 2. The van der Waals surface area contributed by atoms with Gasteiger partial charge in [-0.2, -0.15) is 0 Å². The highest BCUT2D eigenvalue weighted by Crippen LogP contribution is 2.17. The molecule has 7 heteroatoms. The lowest BCUT2D eigenvalue weighted by Crippen LogP contribution is -2.36. The summed E-state index contributed by atoms with van der Waals surface area (Å²) in [5.41, 5.74) is 0.701. The van der Waals surface area contributed by atoms with Crippen LogP contribution in [-0.2, 0) is 6.54 Å². The quantitative estimate of drug-likeness (QED) is 0.711. The molecule has 0 aliphatic rings.